The monoisotopic (exact) mass is 880 g/mol. The van der Waals surface area contributed by atoms with Gasteiger partial charge in [-0.15, -0.1) is 0 Å². The number of para-hydroxylation sites is 6. The van der Waals surface area contributed by atoms with Crippen molar-refractivity contribution in [2.75, 3.05) is 4.90 Å². The largest absolute Gasteiger partial charge is 0.455 e. The molecule has 0 amide bonds. The van der Waals surface area contributed by atoms with Crippen LogP contribution in [0.1, 0.15) is 0 Å². The molecular weight excluding hydrogens is 837 g/mol. The van der Waals surface area contributed by atoms with Crippen molar-refractivity contribution in [2.24, 2.45) is 0 Å². The van der Waals surface area contributed by atoms with Crippen molar-refractivity contribution in [3.8, 4) is 61.3 Å². The molecule has 0 aliphatic heterocycles. The summed E-state index contributed by atoms with van der Waals surface area (Å²) in [7, 11) is 0. The minimum Gasteiger partial charge on any atom is -0.455 e. The summed E-state index contributed by atoms with van der Waals surface area (Å²) in [5.41, 5.74) is 20.0. The Hall–Kier alpha value is -9.18. The van der Waals surface area contributed by atoms with Gasteiger partial charge in [-0.2, -0.15) is 0 Å². The molecule has 0 radical (unpaired) electrons. The van der Waals surface area contributed by atoms with E-state index in [1.165, 1.54) is 44.1 Å². The molecular formula is C66H44N2O. The van der Waals surface area contributed by atoms with E-state index < -0.39 is 0 Å². The molecule has 13 rings (SSSR count). The van der Waals surface area contributed by atoms with E-state index >= 15 is 0 Å². The Kier molecular flexibility index (Phi) is 9.84. The van der Waals surface area contributed by atoms with Gasteiger partial charge in [0.25, 0.3) is 0 Å². The maximum absolute atomic E-state index is 6.58. The van der Waals surface area contributed by atoms with Crippen LogP contribution in [0.2, 0.25) is 0 Å². The number of hydrogen-bond donors (Lipinski definition) is 0. The second-order valence-corrected chi connectivity index (χ2v) is 17.6. The predicted octanol–water partition coefficient (Wildman–Crippen LogP) is 18.5. The van der Waals surface area contributed by atoms with Gasteiger partial charge in [0.05, 0.1) is 22.4 Å². The minimum absolute atomic E-state index is 0.890. The van der Waals surface area contributed by atoms with Crippen LogP contribution in [-0.4, -0.2) is 4.57 Å². The first-order valence-electron chi connectivity index (χ1n) is 23.6. The Morgan fingerprint density at radius 3 is 1.61 bits per heavy atom. The zero-order valence-electron chi connectivity index (χ0n) is 37.7. The van der Waals surface area contributed by atoms with Crippen molar-refractivity contribution in [3.63, 3.8) is 0 Å². The molecule has 11 aromatic carbocycles. The molecule has 0 saturated heterocycles. The standard InChI is InChI=1S/C66H44N2O/c1-2-19-46(20-3-1)52-25-4-5-27-55(52)56-28-7-12-35-62(56)67(51-24-17-23-49(44-51)54-32-18-33-60-59-31-10-15-38-65(59)69-66(54)60)50-41-39-45(40-42-50)47-21-16-22-48(43-47)53-26-6-11-34-61(53)68-63-36-13-8-29-57(63)58-30-9-14-37-64(58)68/h1-44H. The molecule has 0 saturated carbocycles. The molecule has 3 nitrogen and oxygen atoms in total. The van der Waals surface area contributed by atoms with E-state index in [9.17, 15) is 0 Å². The van der Waals surface area contributed by atoms with Gasteiger partial charge in [0.2, 0.25) is 0 Å². The molecule has 2 heterocycles. The molecule has 0 N–H and O–H groups in total. The first-order valence-corrected chi connectivity index (χ1v) is 23.6. The first kappa shape index (κ1) is 40.1. The van der Waals surface area contributed by atoms with Gasteiger partial charge < -0.3 is 13.9 Å². The van der Waals surface area contributed by atoms with Gasteiger partial charge in [-0.25, -0.2) is 0 Å². The molecule has 2 aromatic heterocycles. The van der Waals surface area contributed by atoms with E-state index in [1.54, 1.807) is 0 Å². The minimum atomic E-state index is 0.890. The zero-order valence-corrected chi connectivity index (χ0v) is 37.7. The number of hydrogen-bond acceptors (Lipinski definition) is 2. The normalized spacial score (nSPS) is 11.5. The fraction of sp³-hybridized carbons (Fsp3) is 0. The summed E-state index contributed by atoms with van der Waals surface area (Å²) in [4.78, 5) is 2.40. The average molecular weight is 881 g/mol. The van der Waals surface area contributed by atoms with Gasteiger partial charge in [0.1, 0.15) is 11.2 Å². The number of benzene rings is 11. The molecule has 0 aliphatic rings. The lowest BCUT2D eigenvalue weighted by Crippen LogP contribution is -2.11. The van der Waals surface area contributed by atoms with Crippen molar-refractivity contribution < 1.29 is 4.42 Å². The second kappa shape index (κ2) is 16.9. The van der Waals surface area contributed by atoms with Crippen molar-refractivity contribution >= 4 is 60.8 Å². The number of aromatic nitrogens is 1. The average Bonchev–Trinajstić information content (AvgIpc) is 3.98. The molecule has 69 heavy (non-hydrogen) atoms. The molecule has 0 fully saturated rings. The molecule has 0 aliphatic carbocycles. The van der Waals surface area contributed by atoms with Gasteiger partial charge in [0, 0.05) is 49.6 Å². The summed E-state index contributed by atoms with van der Waals surface area (Å²) in [5, 5.41) is 4.74. The molecule has 0 bridgehead atoms. The third-order valence-electron chi connectivity index (χ3n) is 13.6. The van der Waals surface area contributed by atoms with Crippen LogP contribution in [0.3, 0.4) is 0 Å². The van der Waals surface area contributed by atoms with E-state index in [0.717, 1.165) is 78.1 Å². The number of furan rings is 1. The number of rotatable bonds is 9. The lowest BCUT2D eigenvalue weighted by Gasteiger charge is -2.29. The summed E-state index contributed by atoms with van der Waals surface area (Å²) in [6.07, 6.45) is 0. The Morgan fingerprint density at radius 2 is 0.826 bits per heavy atom. The van der Waals surface area contributed by atoms with E-state index in [-0.39, 0.29) is 0 Å². The third kappa shape index (κ3) is 6.99. The predicted molar refractivity (Wildman–Crippen MR) is 290 cm³/mol. The van der Waals surface area contributed by atoms with Crippen LogP contribution < -0.4 is 4.90 Å². The highest BCUT2D eigenvalue weighted by Crippen LogP contribution is 2.46. The van der Waals surface area contributed by atoms with Gasteiger partial charge in [-0.3, -0.25) is 0 Å². The second-order valence-electron chi connectivity index (χ2n) is 17.6. The Morgan fingerprint density at radius 1 is 0.290 bits per heavy atom. The number of anilines is 3. The summed E-state index contributed by atoms with van der Waals surface area (Å²) in [5.74, 6) is 0. The highest BCUT2D eigenvalue weighted by atomic mass is 16.3. The zero-order chi connectivity index (χ0) is 45.7. The van der Waals surface area contributed by atoms with Gasteiger partial charge in [-0.05, 0) is 99.6 Å². The Balaban J connectivity index is 0.937. The fourth-order valence-electron chi connectivity index (χ4n) is 10.5. The van der Waals surface area contributed by atoms with E-state index in [1.807, 2.05) is 12.1 Å². The van der Waals surface area contributed by atoms with E-state index in [4.69, 9.17) is 4.42 Å². The lowest BCUT2D eigenvalue weighted by molar-refractivity contribution is 0.670. The highest BCUT2D eigenvalue weighted by Gasteiger charge is 2.21. The van der Waals surface area contributed by atoms with Crippen LogP contribution in [0.5, 0.6) is 0 Å². The smallest absolute Gasteiger partial charge is 0.143 e. The maximum Gasteiger partial charge on any atom is 0.143 e. The SMILES string of the molecule is c1ccc(-c2ccccc2-c2ccccc2N(c2ccc(-c3cccc(-c4ccccc4-n4c5ccccc5c5ccccc54)c3)cc2)c2cccc(-c3cccc4c3oc3ccccc34)c2)cc1. The maximum atomic E-state index is 6.58. The van der Waals surface area contributed by atoms with Crippen LogP contribution in [0.25, 0.3) is 105 Å². The molecule has 324 valence electrons. The van der Waals surface area contributed by atoms with Gasteiger partial charge >= 0.3 is 0 Å². The quantitative estimate of drug-likeness (QED) is 0.144. The first-order chi connectivity index (χ1) is 34.2. The summed E-state index contributed by atoms with van der Waals surface area (Å²) < 4.78 is 8.99. The van der Waals surface area contributed by atoms with E-state index in [0.29, 0.717) is 0 Å². The molecule has 3 heteroatoms. The molecule has 13 aromatic rings. The van der Waals surface area contributed by atoms with Crippen LogP contribution in [0.4, 0.5) is 17.1 Å². The van der Waals surface area contributed by atoms with Gasteiger partial charge in [-0.1, -0.05) is 206 Å². The lowest BCUT2D eigenvalue weighted by atomic mass is 9.93. The number of nitrogens with zero attached hydrogens (tertiary/aromatic N) is 2. The topological polar surface area (TPSA) is 21.3 Å². The molecule has 0 atom stereocenters. The molecule has 0 unspecified atom stereocenters. The van der Waals surface area contributed by atoms with Crippen LogP contribution >= 0.6 is 0 Å². The summed E-state index contributed by atoms with van der Waals surface area (Å²) in [6, 6.07) is 96.1. The van der Waals surface area contributed by atoms with Crippen molar-refractivity contribution in [2.45, 2.75) is 0 Å². The summed E-state index contributed by atoms with van der Waals surface area (Å²) >= 11 is 0. The van der Waals surface area contributed by atoms with Crippen LogP contribution in [0.15, 0.2) is 271 Å². The third-order valence-corrected chi connectivity index (χ3v) is 13.6. The Bertz CT molecular complexity index is 3970. The van der Waals surface area contributed by atoms with Crippen molar-refractivity contribution in [1.29, 1.82) is 0 Å². The number of fused-ring (bicyclic) bond motifs is 6. The summed E-state index contributed by atoms with van der Waals surface area (Å²) in [6.45, 7) is 0. The van der Waals surface area contributed by atoms with Crippen LogP contribution in [0, 0.1) is 0 Å². The van der Waals surface area contributed by atoms with E-state index in [2.05, 4.69) is 264 Å². The van der Waals surface area contributed by atoms with Gasteiger partial charge in [0.15, 0.2) is 0 Å². The Labute approximate surface area is 401 Å². The highest BCUT2D eigenvalue weighted by molar-refractivity contribution is 6.11. The fourth-order valence-corrected chi connectivity index (χ4v) is 10.5. The van der Waals surface area contributed by atoms with Crippen LogP contribution in [-0.2, 0) is 0 Å². The van der Waals surface area contributed by atoms with Crippen molar-refractivity contribution in [3.05, 3.63) is 267 Å². The molecule has 0 spiro atoms. The van der Waals surface area contributed by atoms with Crippen molar-refractivity contribution in [1.82, 2.24) is 4.57 Å².